The van der Waals surface area contributed by atoms with Gasteiger partial charge in [-0.25, -0.2) is 4.99 Å². The lowest BCUT2D eigenvalue weighted by atomic mass is 10.3. The molecule has 0 unspecified atom stereocenters. The Balaban J connectivity index is 3.29. The summed E-state index contributed by atoms with van der Waals surface area (Å²) in [7, 11) is 0. The zero-order chi connectivity index (χ0) is 5.70. The second-order valence-corrected chi connectivity index (χ2v) is 1.26. The smallest absolute Gasteiger partial charge is 0.0578 e. The van der Waals surface area contributed by atoms with Crippen molar-refractivity contribution in [1.29, 1.82) is 0 Å². The predicted octanol–water partition coefficient (Wildman–Crippen LogP) is 1.26. The molecule has 0 aliphatic carbocycles. The zero-order valence-corrected chi connectivity index (χ0v) is 4.51. The van der Waals surface area contributed by atoms with E-state index in [4.69, 9.17) is 5.26 Å². The Labute approximate surface area is 42.5 Å². The van der Waals surface area contributed by atoms with Crippen molar-refractivity contribution in [3.63, 3.8) is 0 Å². The summed E-state index contributed by atoms with van der Waals surface area (Å²) < 4.78 is 0. The third-order valence-electron chi connectivity index (χ3n) is 0.708. The van der Waals surface area contributed by atoms with Crippen LogP contribution in [0.25, 0.3) is 0 Å². The van der Waals surface area contributed by atoms with Crippen molar-refractivity contribution in [1.82, 2.24) is 0 Å². The standard InChI is InChI=1S/C4H9NO2/c1-3-4(2)5-7-6/h6H,3H2,1-2H3. The molecule has 0 aliphatic rings. The van der Waals surface area contributed by atoms with Gasteiger partial charge in [0.2, 0.25) is 0 Å². The molecule has 0 amide bonds. The van der Waals surface area contributed by atoms with Gasteiger partial charge in [-0.3, -0.25) is 0 Å². The number of rotatable bonds is 2. The van der Waals surface area contributed by atoms with Gasteiger partial charge in [-0.1, -0.05) is 12.1 Å². The van der Waals surface area contributed by atoms with E-state index in [-0.39, 0.29) is 0 Å². The number of hydrogen-bond donors (Lipinski definition) is 1. The van der Waals surface area contributed by atoms with Crippen LogP contribution >= 0.6 is 0 Å². The second kappa shape index (κ2) is 3.61. The molecule has 0 saturated carbocycles. The minimum atomic E-state index is 0.780. The molecular formula is C4H9NO2. The Morgan fingerprint density at radius 3 is 2.57 bits per heavy atom. The Kier molecular flexibility index (Phi) is 3.32. The van der Waals surface area contributed by atoms with Crippen LogP contribution in [0, 0.1) is 0 Å². The van der Waals surface area contributed by atoms with Crippen molar-refractivity contribution in [3.05, 3.63) is 0 Å². The van der Waals surface area contributed by atoms with Crippen LogP contribution < -0.4 is 0 Å². The van der Waals surface area contributed by atoms with E-state index in [0.717, 1.165) is 12.1 Å². The third-order valence-corrected chi connectivity index (χ3v) is 0.708. The molecule has 0 bridgehead atoms. The van der Waals surface area contributed by atoms with E-state index in [1.165, 1.54) is 0 Å². The summed E-state index contributed by atoms with van der Waals surface area (Å²) in [6, 6.07) is 0. The van der Waals surface area contributed by atoms with E-state index in [2.05, 4.69) is 10.1 Å². The van der Waals surface area contributed by atoms with Gasteiger partial charge in [0.1, 0.15) is 0 Å². The van der Waals surface area contributed by atoms with E-state index < -0.39 is 0 Å². The molecule has 3 nitrogen and oxygen atoms in total. The van der Waals surface area contributed by atoms with Crippen LogP contribution in [0.1, 0.15) is 20.3 Å². The highest BCUT2D eigenvalue weighted by molar-refractivity contribution is 5.80. The Morgan fingerprint density at radius 1 is 1.86 bits per heavy atom. The van der Waals surface area contributed by atoms with Crippen molar-refractivity contribution in [2.24, 2.45) is 5.16 Å². The molecular weight excluding hydrogens is 94.0 g/mol. The summed E-state index contributed by atoms with van der Waals surface area (Å²) in [5.74, 6) is 0. The van der Waals surface area contributed by atoms with Gasteiger partial charge >= 0.3 is 0 Å². The number of oxime groups is 1. The fourth-order valence-corrected chi connectivity index (χ4v) is 0.134. The Morgan fingerprint density at radius 2 is 2.43 bits per heavy atom. The van der Waals surface area contributed by atoms with Crippen LogP contribution in [-0.2, 0) is 4.99 Å². The Bertz CT molecular complexity index is 70.1. The summed E-state index contributed by atoms with van der Waals surface area (Å²) in [5, 5.41) is 10.9. The first-order valence-corrected chi connectivity index (χ1v) is 2.15. The van der Waals surface area contributed by atoms with Crippen LogP contribution in [0.3, 0.4) is 0 Å². The maximum atomic E-state index is 7.68. The molecule has 0 spiro atoms. The predicted molar refractivity (Wildman–Crippen MR) is 27.1 cm³/mol. The molecule has 0 aromatic carbocycles. The second-order valence-electron chi connectivity index (χ2n) is 1.26. The molecule has 1 N–H and O–H groups in total. The van der Waals surface area contributed by atoms with Gasteiger partial charge in [0.15, 0.2) is 0 Å². The highest BCUT2D eigenvalue weighted by Crippen LogP contribution is 1.81. The lowest BCUT2D eigenvalue weighted by Crippen LogP contribution is -1.86. The average molecular weight is 103 g/mol. The first-order chi connectivity index (χ1) is 3.31. The average Bonchev–Trinajstić information content (AvgIpc) is 1.68. The molecule has 0 saturated heterocycles. The number of nitrogens with zero attached hydrogens (tertiary/aromatic N) is 1. The van der Waals surface area contributed by atoms with Gasteiger partial charge in [-0.15, -0.1) is 0 Å². The van der Waals surface area contributed by atoms with Gasteiger partial charge in [0, 0.05) is 0 Å². The fraction of sp³-hybridized carbons (Fsp3) is 0.750. The molecule has 0 aliphatic heterocycles. The van der Waals surface area contributed by atoms with Gasteiger partial charge in [-0.2, -0.15) is 5.26 Å². The van der Waals surface area contributed by atoms with Crippen LogP contribution in [0.2, 0.25) is 0 Å². The minimum absolute atomic E-state index is 0.780. The largest absolute Gasteiger partial charge is 0.223 e. The molecule has 0 radical (unpaired) electrons. The molecule has 42 valence electrons. The number of hydrogen-bond acceptors (Lipinski definition) is 3. The molecule has 0 aromatic rings. The van der Waals surface area contributed by atoms with Gasteiger partial charge in [0.05, 0.1) is 5.71 Å². The summed E-state index contributed by atoms with van der Waals surface area (Å²) in [6.45, 7) is 3.70. The van der Waals surface area contributed by atoms with Crippen molar-refractivity contribution in [2.75, 3.05) is 0 Å². The van der Waals surface area contributed by atoms with Crippen molar-refractivity contribution in [3.8, 4) is 0 Å². The first-order valence-electron chi connectivity index (χ1n) is 2.15. The molecule has 0 heterocycles. The molecule has 0 atom stereocenters. The molecule has 0 fully saturated rings. The van der Waals surface area contributed by atoms with E-state index in [1.807, 2.05) is 6.92 Å². The minimum Gasteiger partial charge on any atom is -0.223 e. The van der Waals surface area contributed by atoms with E-state index in [9.17, 15) is 0 Å². The molecule has 3 heteroatoms. The van der Waals surface area contributed by atoms with Crippen molar-refractivity contribution in [2.45, 2.75) is 20.3 Å². The van der Waals surface area contributed by atoms with Crippen LogP contribution in [0.15, 0.2) is 5.16 Å². The van der Waals surface area contributed by atoms with Crippen molar-refractivity contribution < 1.29 is 10.2 Å². The van der Waals surface area contributed by atoms with E-state index in [1.54, 1.807) is 6.92 Å². The summed E-state index contributed by atoms with van der Waals surface area (Å²) in [6.07, 6.45) is 0.806. The monoisotopic (exact) mass is 103 g/mol. The zero-order valence-electron chi connectivity index (χ0n) is 4.51. The van der Waals surface area contributed by atoms with Crippen molar-refractivity contribution >= 4 is 5.71 Å². The first kappa shape index (κ1) is 6.43. The highest BCUT2D eigenvalue weighted by atomic mass is 17.2. The summed E-state index contributed by atoms with van der Waals surface area (Å²) >= 11 is 0. The van der Waals surface area contributed by atoms with Gasteiger partial charge < -0.3 is 0 Å². The van der Waals surface area contributed by atoms with Crippen LogP contribution in [0.4, 0.5) is 0 Å². The van der Waals surface area contributed by atoms with Gasteiger partial charge in [-0.05, 0) is 13.3 Å². The maximum absolute atomic E-state index is 7.68. The Hall–Kier alpha value is -0.570. The molecule has 7 heavy (non-hydrogen) atoms. The van der Waals surface area contributed by atoms with Gasteiger partial charge in [0.25, 0.3) is 0 Å². The molecule has 0 aromatic heterocycles. The third kappa shape index (κ3) is 3.26. The topological polar surface area (TPSA) is 41.8 Å². The lowest BCUT2D eigenvalue weighted by molar-refractivity contribution is -0.243. The maximum Gasteiger partial charge on any atom is 0.0578 e. The van der Waals surface area contributed by atoms with E-state index in [0.29, 0.717) is 0 Å². The highest BCUT2D eigenvalue weighted by Gasteiger charge is 1.81. The van der Waals surface area contributed by atoms with Crippen LogP contribution in [-0.4, -0.2) is 11.0 Å². The quantitative estimate of drug-likeness (QED) is 0.325. The lowest BCUT2D eigenvalue weighted by Gasteiger charge is -1.86. The fourth-order valence-electron chi connectivity index (χ4n) is 0.134. The SMILES string of the molecule is CCC(C)=NOO. The van der Waals surface area contributed by atoms with E-state index >= 15 is 0 Å². The van der Waals surface area contributed by atoms with Crippen LogP contribution in [0.5, 0.6) is 0 Å². The summed E-state index contributed by atoms with van der Waals surface area (Å²) in [4.78, 5) is 3.48. The molecule has 0 rings (SSSR count). The summed E-state index contributed by atoms with van der Waals surface area (Å²) in [5.41, 5.74) is 0.780. The normalized spacial score (nSPS) is 11.6.